The Morgan fingerprint density at radius 2 is 1.78 bits per heavy atom. The molecule has 0 aliphatic heterocycles. The summed E-state index contributed by atoms with van der Waals surface area (Å²) in [6.45, 7) is 3.55. The average molecular weight is 325 g/mol. The van der Waals surface area contributed by atoms with Crippen molar-refractivity contribution >= 4 is 5.97 Å². The highest BCUT2D eigenvalue weighted by Crippen LogP contribution is 2.28. The Morgan fingerprint density at radius 1 is 1.17 bits per heavy atom. The Balaban J connectivity index is 2.48. The molecule has 0 aliphatic carbocycles. The number of carboxylic acids is 1. The molecule has 0 fully saturated rings. The summed E-state index contributed by atoms with van der Waals surface area (Å²) in [7, 11) is 0. The number of halogens is 3. The third-order valence-corrected chi connectivity index (χ3v) is 2.99. The molecule has 122 valence electrons. The maximum Gasteiger partial charge on any atom is 0.354 e. The zero-order valence-corrected chi connectivity index (χ0v) is 12.4. The second-order valence-electron chi connectivity index (χ2n) is 5.13. The molecule has 23 heavy (non-hydrogen) atoms. The number of hydrogen-bond donors (Lipinski definition) is 1. The Hall–Kier alpha value is -2.41. The van der Waals surface area contributed by atoms with Gasteiger partial charge in [0.2, 0.25) is 0 Å². The van der Waals surface area contributed by atoms with Crippen molar-refractivity contribution in [2.45, 2.75) is 26.6 Å². The maximum absolute atomic E-state index is 14.2. The molecule has 1 aromatic carbocycles. The first-order valence-electron chi connectivity index (χ1n) is 6.79. The van der Waals surface area contributed by atoms with Crippen molar-refractivity contribution in [2.24, 2.45) is 0 Å². The van der Waals surface area contributed by atoms with Crippen LogP contribution in [-0.4, -0.2) is 22.2 Å². The van der Waals surface area contributed by atoms with E-state index in [2.05, 4.69) is 4.98 Å². The number of carboxylic acid groups (broad SMARTS) is 1. The number of aromatic carboxylic acids is 1. The van der Waals surface area contributed by atoms with E-state index in [-0.39, 0.29) is 18.3 Å². The van der Waals surface area contributed by atoms with Crippen molar-refractivity contribution in [3.63, 3.8) is 0 Å². The summed E-state index contributed by atoms with van der Waals surface area (Å²) >= 11 is 0. The fourth-order valence-corrected chi connectivity index (χ4v) is 1.93. The number of nitrogens with zero attached hydrogens (tertiary/aromatic N) is 1. The van der Waals surface area contributed by atoms with Gasteiger partial charge in [-0.2, -0.15) is 0 Å². The van der Waals surface area contributed by atoms with Crippen LogP contribution in [0.3, 0.4) is 0 Å². The third kappa shape index (κ3) is 3.87. The molecule has 0 amide bonds. The molecular formula is C16H14F3NO3. The smallest absolute Gasteiger partial charge is 0.354 e. The first kappa shape index (κ1) is 17.0. The second kappa shape index (κ2) is 6.78. The van der Waals surface area contributed by atoms with Crippen LogP contribution in [0, 0.1) is 17.5 Å². The van der Waals surface area contributed by atoms with Gasteiger partial charge in [-0.05, 0) is 43.7 Å². The number of hydrogen-bond acceptors (Lipinski definition) is 3. The Bertz CT molecular complexity index is 724. The summed E-state index contributed by atoms with van der Waals surface area (Å²) in [5.41, 5.74) is -1.66. The van der Waals surface area contributed by atoms with E-state index in [0.29, 0.717) is 0 Å². The van der Waals surface area contributed by atoms with Crippen LogP contribution < -0.4 is 0 Å². The summed E-state index contributed by atoms with van der Waals surface area (Å²) in [4.78, 5) is 14.4. The predicted molar refractivity (Wildman–Crippen MR) is 76.4 cm³/mol. The summed E-state index contributed by atoms with van der Waals surface area (Å²) in [6, 6.07) is 3.74. The van der Waals surface area contributed by atoms with E-state index in [4.69, 9.17) is 9.84 Å². The van der Waals surface area contributed by atoms with Crippen molar-refractivity contribution in [2.75, 3.05) is 0 Å². The lowest BCUT2D eigenvalue weighted by molar-refractivity contribution is 0.0654. The third-order valence-electron chi connectivity index (χ3n) is 2.99. The minimum absolute atomic E-state index is 0.00311. The minimum Gasteiger partial charge on any atom is -0.477 e. The first-order valence-corrected chi connectivity index (χ1v) is 6.79. The van der Waals surface area contributed by atoms with Gasteiger partial charge in [0.1, 0.15) is 28.8 Å². The van der Waals surface area contributed by atoms with E-state index >= 15 is 0 Å². The van der Waals surface area contributed by atoms with Crippen LogP contribution in [-0.2, 0) is 11.3 Å². The van der Waals surface area contributed by atoms with Crippen molar-refractivity contribution in [3.8, 4) is 11.3 Å². The highest BCUT2D eigenvalue weighted by molar-refractivity contribution is 5.86. The quantitative estimate of drug-likeness (QED) is 0.908. The molecule has 0 radical (unpaired) electrons. The number of aromatic nitrogens is 1. The van der Waals surface area contributed by atoms with Crippen LogP contribution >= 0.6 is 0 Å². The van der Waals surface area contributed by atoms with E-state index in [1.165, 1.54) is 0 Å². The van der Waals surface area contributed by atoms with E-state index in [1.54, 1.807) is 13.8 Å². The van der Waals surface area contributed by atoms with Crippen LogP contribution in [0.15, 0.2) is 24.3 Å². The minimum atomic E-state index is -1.42. The lowest BCUT2D eigenvalue weighted by atomic mass is 10.1. The maximum atomic E-state index is 14.2. The van der Waals surface area contributed by atoms with Crippen molar-refractivity contribution in [3.05, 3.63) is 53.0 Å². The van der Waals surface area contributed by atoms with E-state index in [1.807, 2.05) is 0 Å². The SMILES string of the molecule is CC(C)OCc1cc(F)c(-c2nc(C(=O)O)ccc2F)c(F)c1. The molecule has 0 saturated heterocycles. The van der Waals surface area contributed by atoms with Gasteiger partial charge in [-0.3, -0.25) is 0 Å². The summed E-state index contributed by atoms with van der Waals surface area (Å²) < 4.78 is 47.4. The molecule has 0 unspecified atom stereocenters. The molecule has 1 N–H and O–H groups in total. The lowest BCUT2D eigenvalue weighted by Crippen LogP contribution is -2.06. The predicted octanol–water partition coefficient (Wildman–Crippen LogP) is 3.79. The van der Waals surface area contributed by atoms with Gasteiger partial charge in [-0.1, -0.05) is 0 Å². The van der Waals surface area contributed by atoms with E-state index in [9.17, 15) is 18.0 Å². The topological polar surface area (TPSA) is 59.4 Å². The molecule has 0 bridgehead atoms. The Labute approximate surface area is 130 Å². The zero-order valence-electron chi connectivity index (χ0n) is 12.4. The molecule has 1 heterocycles. The normalized spacial score (nSPS) is 11.0. The molecule has 0 atom stereocenters. The second-order valence-corrected chi connectivity index (χ2v) is 5.13. The van der Waals surface area contributed by atoms with Crippen LogP contribution in [0.2, 0.25) is 0 Å². The lowest BCUT2D eigenvalue weighted by Gasteiger charge is -2.11. The summed E-state index contributed by atoms with van der Waals surface area (Å²) in [5.74, 6) is -4.52. The fraction of sp³-hybridized carbons (Fsp3) is 0.250. The van der Waals surface area contributed by atoms with Gasteiger partial charge in [0.15, 0.2) is 0 Å². The van der Waals surface area contributed by atoms with Crippen LogP contribution in [0.25, 0.3) is 11.3 Å². The van der Waals surface area contributed by atoms with E-state index < -0.39 is 40.4 Å². The highest BCUT2D eigenvalue weighted by Gasteiger charge is 2.20. The molecule has 4 nitrogen and oxygen atoms in total. The molecule has 0 saturated carbocycles. The highest BCUT2D eigenvalue weighted by atomic mass is 19.1. The molecule has 0 spiro atoms. The molecule has 2 aromatic rings. The molecule has 0 aliphatic rings. The van der Waals surface area contributed by atoms with E-state index in [0.717, 1.165) is 24.3 Å². The van der Waals surface area contributed by atoms with Crippen LogP contribution in [0.5, 0.6) is 0 Å². The van der Waals surface area contributed by atoms with Gasteiger partial charge >= 0.3 is 5.97 Å². The monoisotopic (exact) mass is 325 g/mol. The fourth-order valence-electron chi connectivity index (χ4n) is 1.93. The number of ether oxygens (including phenoxy) is 1. The summed E-state index contributed by atoms with van der Waals surface area (Å²) in [5, 5.41) is 8.86. The average Bonchev–Trinajstić information content (AvgIpc) is 2.46. The van der Waals surface area contributed by atoms with Crippen molar-refractivity contribution in [1.82, 2.24) is 4.98 Å². The van der Waals surface area contributed by atoms with Crippen LogP contribution in [0.1, 0.15) is 29.9 Å². The number of benzene rings is 1. The molecular weight excluding hydrogens is 311 g/mol. The molecule has 1 aromatic heterocycles. The first-order chi connectivity index (χ1) is 10.8. The van der Waals surface area contributed by atoms with Gasteiger partial charge < -0.3 is 9.84 Å². The van der Waals surface area contributed by atoms with Crippen LogP contribution in [0.4, 0.5) is 13.2 Å². The largest absolute Gasteiger partial charge is 0.477 e. The van der Waals surface area contributed by atoms with Gasteiger partial charge in [-0.25, -0.2) is 22.9 Å². The zero-order chi connectivity index (χ0) is 17.1. The van der Waals surface area contributed by atoms with Crippen molar-refractivity contribution in [1.29, 1.82) is 0 Å². The number of carbonyl (C=O) groups is 1. The van der Waals surface area contributed by atoms with Gasteiger partial charge in [0.05, 0.1) is 18.3 Å². The summed E-state index contributed by atoms with van der Waals surface area (Å²) in [6.07, 6.45) is -0.118. The Morgan fingerprint density at radius 3 is 2.30 bits per heavy atom. The van der Waals surface area contributed by atoms with Crippen molar-refractivity contribution < 1.29 is 27.8 Å². The Kier molecular flexibility index (Phi) is 5.00. The molecule has 7 heteroatoms. The number of pyridine rings is 1. The molecule has 2 rings (SSSR count). The van der Waals surface area contributed by atoms with Gasteiger partial charge in [0, 0.05) is 0 Å². The van der Waals surface area contributed by atoms with Gasteiger partial charge in [0.25, 0.3) is 0 Å². The number of rotatable bonds is 5. The van der Waals surface area contributed by atoms with Gasteiger partial charge in [-0.15, -0.1) is 0 Å². The standard InChI is InChI=1S/C16H14F3NO3/c1-8(2)23-7-9-5-11(18)14(12(19)6-9)15-10(17)3-4-13(20-15)16(21)22/h3-6,8H,7H2,1-2H3,(H,21,22).